The van der Waals surface area contributed by atoms with E-state index in [2.05, 4.69) is 38.2 Å². The molecule has 0 unspecified atom stereocenters. The third kappa shape index (κ3) is 5.71. The molecule has 19 heavy (non-hydrogen) atoms. The lowest BCUT2D eigenvalue weighted by atomic mass is 9.87. The van der Waals surface area contributed by atoms with Crippen LogP contribution in [-0.2, 0) is 14.9 Å². The molecule has 3 nitrogen and oxygen atoms in total. The van der Waals surface area contributed by atoms with Crippen molar-refractivity contribution in [2.24, 2.45) is 0 Å². The smallest absolute Gasteiger partial charge is 0.244 e. The van der Waals surface area contributed by atoms with Gasteiger partial charge in [-0.05, 0) is 22.6 Å². The first-order valence-electron chi connectivity index (χ1n) is 6.49. The minimum atomic E-state index is -0.100. The molecule has 0 fully saturated rings. The van der Waals surface area contributed by atoms with Gasteiger partial charge in [-0.2, -0.15) is 0 Å². The molecule has 0 spiro atoms. The maximum Gasteiger partial charge on any atom is 0.244 e. The van der Waals surface area contributed by atoms with Crippen LogP contribution in [0, 0.1) is 0 Å². The normalized spacial score (nSPS) is 11.8. The largest absolute Gasteiger partial charge is 0.383 e. The molecule has 0 aromatic heterocycles. The second kappa shape index (κ2) is 7.10. The Morgan fingerprint density at radius 1 is 1.26 bits per heavy atom. The third-order valence-corrected chi connectivity index (χ3v) is 2.81. The zero-order valence-corrected chi connectivity index (χ0v) is 12.2. The van der Waals surface area contributed by atoms with Crippen molar-refractivity contribution < 1.29 is 9.53 Å². The lowest BCUT2D eigenvalue weighted by molar-refractivity contribution is -0.116. The molecule has 0 aliphatic heterocycles. The van der Waals surface area contributed by atoms with Gasteiger partial charge in [0, 0.05) is 19.7 Å². The van der Waals surface area contributed by atoms with Gasteiger partial charge in [0.2, 0.25) is 5.91 Å². The summed E-state index contributed by atoms with van der Waals surface area (Å²) in [4.78, 5) is 11.5. The molecule has 1 amide bonds. The number of nitrogens with one attached hydrogen (secondary N) is 1. The summed E-state index contributed by atoms with van der Waals surface area (Å²) in [6, 6.07) is 8.25. The number of rotatable bonds is 5. The molecule has 0 bridgehead atoms. The Hall–Kier alpha value is -1.61. The van der Waals surface area contributed by atoms with Crippen LogP contribution in [0.25, 0.3) is 6.08 Å². The van der Waals surface area contributed by atoms with Crippen molar-refractivity contribution in [3.63, 3.8) is 0 Å². The average Bonchev–Trinajstić information content (AvgIpc) is 2.36. The van der Waals surface area contributed by atoms with Crippen molar-refractivity contribution in [3.05, 3.63) is 41.5 Å². The van der Waals surface area contributed by atoms with E-state index in [0.717, 1.165) is 5.56 Å². The van der Waals surface area contributed by atoms with Crippen molar-refractivity contribution in [1.82, 2.24) is 5.32 Å². The van der Waals surface area contributed by atoms with Gasteiger partial charge in [-0.1, -0.05) is 45.0 Å². The van der Waals surface area contributed by atoms with Gasteiger partial charge in [0.25, 0.3) is 0 Å². The van der Waals surface area contributed by atoms with E-state index in [0.29, 0.717) is 13.2 Å². The molecule has 0 heterocycles. The quantitative estimate of drug-likeness (QED) is 0.654. The Morgan fingerprint density at radius 3 is 2.42 bits per heavy atom. The summed E-state index contributed by atoms with van der Waals surface area (Å²) >= 11 is 0. The standard InChI is InChI=1S/C16H23NO2/c1-16(2,3)14-8-5-13(6-9-14)7-10-15(18)17-11-12-19-4/h5-10H,11-12H2,1-4H3,(H,17,18)/b10-7+. The molecule has 0 saturated heterocycles. The van der Waals surface area contributed by atoms with Crippen molar-refractivity contribution in [1.29, 1.82) is 0 Å². The maximum absolute atomic E-state index is 11.5. The highest BCUT2D eigenvalue weighted by Crippen LogP contribution is 2.22. The first-order valence-corrected chi connectivity index (χ1v) is 6.49. The minimum Gasteiger partial charge on any atom is -0.383 e. The molecule has 0 aliphatic carbocycles. The van der Waals surface area contributed by atoms with E-state index in [-0.39, 0.29) is 11.3 Å². The van der Waals surface area contributed by atoms with Crippen LogP contribution in [0.15, 0.2) is 30.3 Å². The van der Waals surface area contributed by atoms with Gasteiger partial charge in [0.15, 0.2) is 0 Å². The molecule has 1 rings (SSSR count). The SMILES string of the molecule is COCCNC(=O)/C=C/c1ccc(C(C)(C)C)cc1. The van der Waals surface area contributed by atoms with Gasteiger partial charge in [-0.3, -0.25) is 4.79 Å². The number of carbonyl (C=O) groups is 1. The van der Waals surface area contributed by atoms with E-state index in [1.165, 1.54) is 5.56 Å². The molecule has 104 valence electrons. The Morgan fingerprint density at radius 2 is 1.89 bits per heavy atom. The summed E-state index contributed by atoms with van der Waals surface area (Å²) in [7, 11) is 1.61. The Bertz CT molecular complexity index is 427. The second-order valence-electron chi connectivity index (χ2n) is 5.49. The molecule has 1 aromatic carbocycles. The van der Waals surface area contributed by atoms with Crippen molar-refractivity contribution in [3.8, 4) is 0 Å². The van der Waals surface area contributed by atoms with Crippen LogP contribution in [0.5, 0.6) is 0 Å². The predicted molar refractivity (Wildman–Crippen MR) is 79.1 cm³/mol. The lowest BCUT2D eigenvalue weighted by Gasteiger charge is -2.18. The van der Waals surface area contributed by atoms with Crippen LogP contribution in [0.2, 0.25) is 0 Å². The number of ether oxygens (including phenoxy) is 1. The first-order chi connectivity index (χ1) is 8.93. The fraction of sp³-hybridized carbons (Fsp3) is 0.438. The number of hydrogen-bond acceptors (Lipinski definition) is 2. The Labute approximate surface area is 115 Å². The molecule has 0 atom stereocenters. The zero-order valence-electron chi connectivity index (χ0n) is 12.2. The minimum absolute atomic E-state index is 0.100. The molecule has 0 aliphatic rings. The maximum atomic E-state index is 11.5. The van der Waals surface area contributed by atoms with Gasteiger partial charge in [0.1, 0.15) is 0 Å². The molecule has 3 heteroatoms. The molecule has 1 aromatic rings. The number of amides is 1. The summed E-state index contributed by atoms with van der Waals surface area (Å²) < 4.78 is 4.86. The molecule has 0 saturated carbocycles. The highest BCUT2D eigenvalue weighted by atomic mass is 16.5. The molecular weight excluding hydrogens is 238 g/mol. The van der Waals surface area contributed by atoms with Crippen LogP contribution in [0.3, 0.4) is 0 Å². The average molecular weight is 261 g/mol. The number of benzene rings is 1. The van der Waals surface area contributed by atoms with Gasteiger partial charge >= 0.3 is 0 Å². The van der Waals surface area contributed by atoms with Crippen LogP contribution in [0.4, 0.5) is 0 Å². The van der Waals surface area contributed by atoms with Crippen molar-refractivity contribution in [2.75, 3.05) is 20.3 Å². The monoisotopic (exact) mass is 261 g/mol. The fourth-order valence-electron chi connectivity index (χ4n) is 1.60. The summed E-state index contributed by atoms with van der Waals surface area (Å²) in [6.07, 6.45) is 3.36. The molecule has 0 radical (unpaired) electrons. The van der Waals surface area contributed by atoms with E-state index in [1.54, 1.807) is 13.2 Å². The lowest BCUT2D eigenvalue weighted by Crippen LogP contribution is -2.24. The van der Waals surface area contributed by atoms with E-state index in [1.807, 2.05) is 18.2 Å². The van der Waals surface area contributed by atoms with E-state index in [4.69, 9.17) is 4.74 Å². The summed E-state index contributed by atoms with van der Waals surface area (Å²) in [6.45, 7) is 7.60. The third-order valence-electron chi connectivity index (χ3n) is 2.81. The Kier molecular flexibility index (Phi) is 5.77. The van der Waals surface area contributed by atoms with E-state index >= 15 is 0 Å². The summed E-state index contributed by atoms with van der Waals surface area (Å²) in [5.74, 6) is -0.100. The van der Waals surface area contributed by atoms with Gasteiger partial charge in [0.05, 0.1) is 6.61 Å². The second-order valence-corrected chi connectivity index (χ2v) is 5.49. The molecule has 1 N–H and O–H groups in total. The highest BCUT2D eigenvalue weighted by Gasteiger charge is 2.12. The van der Waals surface area contributed by atoms with E-state index < -0.39 is 0 Å². The van der Waals surface area contributed by atoms with Crippen LogP contribution in [-0.4, -0.2) is 26.2 Å². The van der Waals surface area contributed by atoms with Crippen LogP contribution in [0.1, 0.15) is 31.9 Å². The predicted octanol–water partition coefficient (Wildman–Crippen LogP) is 2.76. The zero-order chi connectivity index (χ0) is 14.3. The first kappa shape index (κ1) is 15.4. The number of carbonyl (C=O) groups excluding carboxylic acids is 1. The van der Waals surface area contributed by atoms with Gasteiger partial charge < -0.3 is 10.1 Å². The summed E-state index contributed by atoms with van der Waals surface area (Å²) in [5, 5.41) is 2.74. The Balaban J connectivity index is 2.55. The van der Waals surface area contributed by atoms with Crippen LogP contribution >= 0.6 is 0 Å². The topological polar surface area (TPSA) is 38.3 Å². The van der Waals surface area contributed by atoms with E-state index in [9.17, 15) is 4.79 Å². The number of hydrogen-bond donors (Lipinski definition) is 1. The van der Waals surface area contributed by atoms with Gasteiger partial charge in [-0.25, -0.2) is 0 Å². The fourth-order valence-corrected chi connectivity index (χ4v) is 1.60. The van der Waals surface area contributed by atoms with Gasteiger partial charge in [-0.15, -0.1) is 0 Å². The number of methoxy groups -OCH3 is 1. The van der Waals surface area contributed by atoms with Crippen molar-refractivity contribution in [2.45, 2.75) is 26.2 Å². The molecular formula is C16H23NO2. The van der Waals surface area contributed by atoms with Crippen LogP contribution < -0.4 is 5.32 Å². The van der Waals surface area contributed by atoms with Crippen molar-refractivity contribution >= 4 is 12.0 Å². The highest BCUT2D eigenvalue weighted by molar-refractivity contribution is 5.91. The summed E-state index contributed by atoms with van der Waals surface area (Å²) in [5.41, 5.74) is 2.46.